The Morgan fingerprint density at radius 1 is 0.471 bits per heavy atom. The molecule has 3 saturated heterocycles. The maximum absolute atomic E-state index is 14.1. The van der Waals surface area contributed by atoms with Gasteiger partial charge in [-0.15, -0.1) is 0 Å². The van der Waals surface area contributed by atoms with Crippen LogP contribution >= 0.6 is 0 Å². The summed E-state index contributed by atoms with van der Waals surface area (Å²) < 4.78 is 71.9. The van der Waals surface area contributed by atoms with Crippen LogP contribution in [0.5, 0.6) is 0 Å². The van der Waals surface area contributed by atoms with Crippen molar-refractivity contribution in [3.8, 4) is 0 Å². The molecule has 3 fully saturated rings. The molecule has 0 saturated carbocycles. The van der Waals surface area contributed by atoms with E-state index in [0.717, 1.165) is 22.3 Å². The van der Waals surface area contributed by atoms with Gasteiger partial charge in [-0.3, -0.25) is 0 Å². The molecule has 9 rings (SSSR count). The molecule has 3 heterocycles. The fourth-order valence-electron chi connectivity index (χ4n) is 8.51. The average molecular weight is 923 g/mol. The fourth-order valence-corrected chi connectivity index (χ4v) is 8.51. The summed E-state index contributed by atoms with van der Waals surface area (Å²) in [5.41, 5.74) is 4.12. The van der Waals surface area contributed by atoms with Crippen LogP contribution in [0.2, 0.25) is 0 Å². The number of hydrogen-bond donors (Lipinski definition) is 0. The Hall–Kier alpha value is -6.10. The number of carbonyl (C=O) groups is 2. The van der Waals surface area contributed by atoms with Gasteiger partial charge in [0.05, 0.1) is 44.2 Å². The summed E-state index contributed by atoms with van der Waals surface area (Å²) in [5, 5.41) is 0. The van der Waals surface area contributed by atoms with Crippen molar-refractivity contribution in [2.45, 2.75) is 87.5 Å². The van der Waals surface area contributed by atoms with E-state index in [0.29, 0.717) is 0 Å². The minimum Gasteiger partial charge on any atom is -0.452 e. The quantitative estimate of drug-likeness (QED) is 0.0765. The minimum atomic E-state index is -1.36. The van der Waals surface area contributed by atoms with E-state index < -0.39 is 79.6 Å². The van der Waals surface area contributed by atoms with Crippen molar-refractivity contribution < 1.29 is 61.7 Å². The number of ether oxygens (including phenoxy) is 11. The van der Waals surface area contributed by atoms with Gasteiger partial charge in [-0.25, -0.2) is 9.59 Å². The molecule has 13 heteroatoms. The van der Waals surface area contributed by atoms with Crippen molar-refractivity contribution in [3.05, 3.63) is 215 Å². The summed E-state index contributed by atoms with van der Waals surface area (Å²) >= 11 is 0. The Labute approximate surface area is 395 Å². The Morgan fingerprint density at radius 2 is 0.926 bits per heavy atom. The molecule has 3 aliphatic heterocycles. The predicted octanol–water partition coefficient (Wildman–Crippen LogP) is 8.42. The molecule has 5 unspecified atom stereocenters. The largest absolute Gasteiger partial charge is 0.452 e. The van der Waals surface area contributed by atoms with Crippen molar-refractivity contribution >= 4 is 11.9 Å². The van der Waals surface area contributed by atoms with Crippen LogP contribution < -0.4 is 0 Å². The molecule has 0 aliphatic carbocycles. The second-order valence-electron chi connectivity index (χ2n) is 16.6. The highest BCUT2D eigenvalue weighted by molar-refractivity contribution is 5.90. The summed E-state index contributed by atoms with van der Waals surface area (Å²) in [4.78, 5) is 28.1. The maximum atomic E-state index is 14.1. The number of benzene rings is 6. The lowest BCUT2D eigenvalue weighted by Crippen LogP contribution is -2.65. The average Bonchev–Trinajstić information content (AvgIpc) is 3.40. The molecule has 13 nitrogen and oxygen atoms in total. The van der Waals surface area contributed by atoms with Crippen LogP contribution in [-0.4, -0.2) is 93.7 Å². The van der Waals surface area contributed by atoms with E-state index in [1.807, 2.05) is 121 Å². The number of fused-ring (bicyclic) bond motifs is 1. The normalized spacial score (nSPS) is 26.8. The van der Waals surface area contributed by atoms with Crippen LogP contribution in [0, 0.1) is 0 Å². The van der Waals surface area contributed by atoms with Crippen LogP contribution in [0.1, 0.15) is 49.3 Å². The van der Waals surface area contributed by atoms with Gasteiger partial charge in [-0.1, -0.05) is 158 Å². The van der Waals surface area contributed by atoms with Gasteiger partial charge in [0, 0.05) is 12.7 Å². The smallest absolute Gasteiger partial charge is 0.338 e. The first kappa shape index (κ1) is 47.0. The second kappa shape index (κ2) is 23.3. The van der Waals surface area contributed by atoms with Crippen molar-refractivity contribution in [3.63, 3.8) is 0 Å². The van der Waals surface area contributed by atoms with E-state index in [-0.39, 0.29) is 44.2 Å². The minimum absolute atomic E-state index is 0.0349. The van der Waals surface area contributed by atoms with Gasteiger partial charge < -0.3 is 52.1 Å². The molecule has 352 valence electrons. The monoisotopic (exact) mass is 922 g/mol. The molecular formula is C55H54O13. The highest BCUT2D eigenvalue weighted by atomic mass is 16.8. The lowest BCUT2D eigenvalue weighted by Gasteiger charge is -2.49. The van der Waals surface area contributed by atoms with Crippen LogP contribution in [0.4, 0.5) is 0 Å². The molecule has 0 aromatic heterocycles. The zero-order valence-corrected chi connectivity index (χ0v) is 37.5. The molecule has 68 heavy (non-hydrogen) atoms. The van der Waals surface area contributed by atoms with Crippen molar-refractivity contribution in [1.29, 1.82) is 0 Å². The molecule has 6 aromatic rings. The number of rotatable bonds is 18. The first-order chi connectivity index (χ1) is 33.5. The van der Waals surface area contributed by atoms with E-state index in [1.165, 1.54) is 0 Å². The Bertz CT molecular complexity index is 2450. The molecule has 6 aromatic carbocycles. The highest BCUT2D eigenvalue weighted by Crippen LogP contribution is 2.38. The number of esters is 2. The van der Waals surface area contributed by atoms with Crippen LogP contribution in [-0.2, 0) is 71.9 Å². The van der Waals surface area contributed by atoms with E-state index in [2.05, 4.69) is 0 Å². The molecule has 0 spiro atoms. The third-order valence-corrected chi connectivity index (χ3v) is 12.0. The standard InChI is InChI=1S/C55H54O13/c1-58-54-49(61-34-39-24-12-4-13-25-39)47(60-33-38-22-10-3-11-23-38)45(59-32-37-20-8-2-9-21-37)43(64-54)35-63-55-50(67-52(57)41-28-16-6-17-29-41)48(66-51(56)40-26-14-5-15-27-40)46-44(65-55)36-62-53(68-46)42-30-18-7-19-31-42/h2-31,43-50,53-55H,32-36H2,1H3/t43?,44?,45-,46+,47-,48-,49?,50?,53?,54-,55+/m0/s1. The van der Waals surface area contributed by atoms with Crippen LogP contribution in [0.15, 0.2) is 182 Å². The number of methoxy groups -OCH3 is 1. The summed E-state index contributed by atoms with van der Waals surface area (Å²) in [6.07, 6.45) is -10.7. The summed E-state index contributed by atoms with van der Waals surface area (Å²) in [5.74, 6) is -1.35. The predicted molar refractivity (Wildman–Crippen MR) is 247 cm³/mol. The molecule has 0 N–H and O–H groups in total. The van der Waals surface area contributed by atoms with Gasteiger partial charge in [0.25, 0.3) is 0 Å². The zero-order valence-electron chi connectivity index (χ0n) is 37.5. The topological polar surface area (TPSA) is 136 Å². The Balaban J connectivity index is 1.04. The molecule has 0 bridgehead atoms. The lowest BCUT2D eigenvalue weighted by molar-refractivity contribution is -0.369. The first-order valence-electron chi connectivity index (χ1n) is 22.8. The van der Waals surface area contributed by atoms with Gasteiger partial charge in [0.2, 0.25) is 0 Å². The van der Waals surface area contributed by atoms with Gasteiger partial charge in [-0.2, -0.15) is 0 Å². The fraction of sp³-hybridized carbons (Fsp3) is 0.309. The highest BCUT2D eigenvalue weighted by Gasteiger charge is 2.56. The Kier molecular flexibility index (Phi) is 16.1. The number of carbonyl (C=O) groups excluding carboxylic acids is 2. The molecule has 0 radical (unpaired) electrons. The van der Waals surface area contributed by atoms with Crippen molar-refractivity contribution in [2.75, 3.05) is 20.3 Å². The van der Waals surface area contributed by atoms with Crippen LogP contribution in [0.3, 0.4) is 0 Å². The second-order valence-corrected chi connectivity index (χ2v) is 16.6. The third kappa shape index (κ3) is 11.8. The van der Waals surface area contributed by atoms with Gasteiger partial charge in [-0.05, 0) is 41.0 Å². The third-order valence-electron chi connectivity index (χ3n) is 12.0. The number of hydrogen-bond acceptors (Lipinski definition) is 13. The first-order valence-corrected chi connectivity index (χ1v) is 22.8. The molecule has 3 aliphatic rings. The van der Waals surface area contributed by atoms with Gasteiger partial charge in [0.1, 0.15) is 36.6 Å². The van der Waals surface area contributed by atoms with Gasteiger partial charge >= 0.3 is 11.9 Å². The maximum Gasteiger partial charge on any atom is 0.338 e. The SMILES string of the molecule is CO[C@H]1OC(CO[C@@H]2OC3COC(c4ccccc4)O[C@H]3[C@H](OC(=O)c3ccccc3)C2OC(=O)c2ccccc2)[C@H](OCc2ccccc2)[C@H](OCc2ccccc2)C1OCc1ccccc1. The summed E-state index contributed by atoms with van der Waals surface area (Å²) in [6, 6.07) is 55.9. The van der Waals surface area contributed by atoms with E-state index >= 15 is 0 Å². The summed E-state index contributed by atoms with van der Waals surface area (Å²) in [6.45, 7) is 0.530. The van der Waals surface area contributed by atoms with Crippen LogP contribution in [0.25, 0.3) is 0 Å². The summed E-state index contributed by atoms with van der Waals surface area (Å²) in [7, 11) is 1.54. The van der Waals surface area contributed by atoms with Gasteiger partial charge in [0.15, 0.2) is 31.1 Å². The van der Waals surface area contributed by atoms with Crippen molar-refractivity contribution in [2.24, 2.45) is 0 Å². The molecule has 11 atom stereocenters. The van der Waals surface area contributed by atoms with E-state index in [1.54, 1.807) is 67.8 Å². The van der Waals surface area contributed by atoms with E-state index in [4.69, 9.17) is 52.1 Å². The Morgan fingerprint density at radius 3 is 1.44 bits per heavy atom. The van der Waals surface area contributed by atoms with Crippen molar-refractivity contribution in [1.82, 2.24) is 0 Å². The lowest BCUT2D eigenvalue weighted by atomic mass is 9.96. The zero-order chi connectivity index (χ0) is 46.5. The molecule has 0 amide bonds. The molecular weight excluding hydrogens is 869 g/mol. The van der Waals surface area contributed by atoms with E-state index in [9.17, 15) is 9.59 Å².